The van der Waals surface area contributed by atoms with E-state index in [1.165, 1.54) is 17.5 Å². The molecule has 1 saturated heterocycles. The van der Waals surface area contributed by atoms with E-state index in [0.717, 1.165) is 49.7 Å². The molecule has 1 aliphatic heterocycles. The fourth-order valence-corrected chi connectivity index (χ4v) is 4.87. The van der Waals surface area contributed by atoms with Crippen LogP contribution in [0.5, 0.6) is 0 Å². The molecule has 1 unspecified atom stereocenters. The van der Waals surface area contributed by atoms with Crippen LogP contribution in [0.15, 0.2) is 48.0 Å². The second-order valence-electron chi connectivity index (χ2n) is 8.80. The molecule has 0 aromatic heterocycles. The Morgan fingerprint density at radius 3 is 2.55 bits per heavy atom. The number of likely N-dealkylation sites (tertiary alicyclic amines) is 1. The van der Waals surface area contributed by atoms with Gasteiger partial charge in [-0.2, -0.15) is 0 Å². The summed E-state index contributed by atoms with van der Waals surface area (Å²) >= 11 is 0. The fraction of sp³-hybridized carbons (Fsp3) is 0.407. The lowest BCUT2D eigenvalue weighted by Gasteiger charge is -2.25. The van der Waals surface area contributed by atoms with Crippen molar-refractivity contribution in [1.29, 1.82) is 0 Å². The van der Waals surface area contributed by atoms with Gasteiger partial charge in [-0.05, 0) is 61.8 Å². The van der Waals surface area contributed by atoms with Gasteiger partial charge in [-0.15, -0.1) is 0 Å². The van der Waals surface area contributed by atoms with E-state index in [1.54, 1.807) is 4.90 Å². The summed E-state index contributed by atoms with van der Waals surface area (Å²) in [6.45, 7) is 4.62. The molecule has 4 rings (SSSR count). The van der Waals surface area contributed by atoms with E-state index in [0.29, 0.717) is 12.1 Å². The maximum Gasteiger partial charge on any atom is 0.295 e. The van der Waals surface area contributed by atoms with E-state index in [-0.39, 0.29) is 11.3 Å². The Hall–Kier alpha value is -2.88. The lowest BCUT2D eigenvalue weighted by Crippen LogP contribution is -2.30. The number of carbonyl (C=O) groups is 2. The van der Waals surface area contributed by atoms with E-state index in [9.17, 15) is 14.7 Å². The minimum Gasteiger partial charge on any atom is -0.507 e. The Kier molecular flexibility index (Phi) is 6.26. The molecule has 31 heavy (non-hydrogen) atoms. The number of Topliss-reactive ketones (excluding diaryl/α,β-unsaturated/α-hetero) is 1. The van der Waals surface area contributed by atoms with Crippen LogP contribution in [0, 0.1) is 6.92 Å². The average Bonchev–Trinajstić information content (AvgIpc) is 3.03. The summed E-state index contributed by atoms with van der Waals surface area (Å²) in [6, 6.07) is 13.3. The Morgan fingerprint density at radius 1 is 1.03 bits per heavy atom. The maximum absolute atomic E-state index is 13.1. The quantitative estimate of drug-likeness (QED) is 0.293. The van der Waals surface area contributed by atoms with Gasteiger partial charge in [0.1, 0.15) is 5.76 Å². The number of rotatable bonds is 6. The van der Waals surface area contributed by atoms with E-state index in [4.69, 9.17) is 0 Å². The molecular weight excluding hydrogens is 386 g/mol. The minimum absolute atomic E-state index is 0.0591. The van der Waals surface area contributed by atoms with E-state index in [1.807, 2.05) is 43.3 Å². The van der Waals surface area contributed by atoms with Crippen molar-refractivity contribution < 1.29 is 14.7 Å². The number of amides is 1. The largest absolute Gasteiger partial charge is 0.507 e. The van der Waals surface area contributed by atoms with Gasteiger partial charge in [0.15, 0.2) is 0 Å². The van der Waals surface area contributed by atoms with Crippen LogP contribution < -0.4 is 0 Å². The van der Waals surface area contributed by atoms with Crippen molar-refractivity contribution in [3.8, 4) is 0 Å². The van der Waals surface area contributed by atoms with Gasteiger partial charge in [-0.25, -0.2) is 0 Å². The number of hydrogen-bond donors (Lipinski definition) is 1. The predicted octanol–water partition coefficient (Wildman–Crippen LogP) is 5.49. The third-order valence-electron chi connectivity index (χ3n) is 6.52. The van der Waals surface area contributed by atoms with Gasteiger partial charge in [-0.1, -0.05) is 61.7 Å². The van der Waals surface area contributed by atoms with Crippen molar-refractivity contribution in [3.05, 3.63) is 75.9 Å². The minimum atomic E-state index is -0.585. The summed E-state index contributed by atoms with van der Waals surface area (Å²) in [5.74, 6) is -1.16. The summed E-state index contributed by atoms with van der Waals surface area (Å²) < 4.78 is 0. The molecule has 2 aromatic carbocycles. The maximum atomic E-state index is 13.1. The number of nitrogens with zero attached hydrogens (tertiary/aromatic N) is 1. The zero-order valence-corrected chi connectivity index (χ0v) is 18.5. The molecular formula is C27H31NO3. The summed E-state index contributed by atoms with van der Waals surface area (Å²) in [5, 5.41) is 11.3. The molecule has 1 aliphatic carbocycles. The molecule has 1 amide bonds. The Bertz CT molecular complexity index is 1040. The molecule has 0 spiro atoms. The predicted molar refractivity (Wildman–Crippen MR) is 123 cm³/mol. The summed E-state index contributed by atoms with van der Waals surface area (Å²) in [5.41, 5.74) is 5.32. The number of aliphatic hydroxyl groups is 1. The normalized spacial score (nSPS) is 20.2. The second-order valence-corrected chi connectivity index (χ2v) is 8.80. The van der Waals surface area contributed by atoms with E-state index in [2.05, 4.69) is 13.0 Å². The third-order valence-corrected chi connectivity index (χ3v) is 6.52. The summed E-state index contributed by atoms with van der Waals surface area (Å²) in [4.78, 5) is 27.7. The number of carbonyl (C=O) groups excluding carboxylic acids is 2. The summed E-state index contributed by atoms with van der Waals surface area (Å²) in [7, 11) is 0. The second kappa shape index (κ2) is 9.09. The highest BCUT2D eigenvalue weighted by Gasteiger charge is 2.45. The van der Waals surface area contributed by atoms with Crippen molar-refractivity contribution >= 4 is 17.4 Å². The van der Waals surface area contributed by atoms with Crippen LogP contribution in [-0.2, 0) is 22.4 Å². The first-order valence-corrected chi connectivity index (χ1v) is 11.5. The fourth-order valence-electron chi connectivity index (χ4n) is 4.87. The third kappa shape index (κ3) is 4.16. The molecule has 0 saturated carbocycles. The van der Waals surface area contributed by atoms with Crippen LogP contribution >= 0.6 is 0 Å². The van der Waals surface area contributed by atoms with Crippen LogP contribution in [-0.4, -0.2) is 28.2 Å². The van der Waals surface area contributed by atoms with E-state index >= 15 is 0 Å². The molecule has 0 radical (unpaired) electrons. The zero-order chi connectivity index (χ0) is 22.0. The molecule has 2 aromatic rings. The average molecular weight is 418 g/mol. The van der Waals surface area contributed by atoms with Gasteiger partial charge in [0.25, 0.3) is 11.7 Å². The highest BCUT2D eigenvalue weighted by molar-refractivity contribution is 6.46. The van der Waals surface area contributed by atoms with Crippen molar-refractivity contribution in [2.45, 2.75) is 64.8 Å². The zero-order valence-electron chi connectivity index (χ0n) is 18.5. The number of hydrogen-bond acceptors (Lipinski definition) is 3. The van der Waals surface area contributed by atoms with Crippen molar-refractivity contribution in [2.24, 2.45) is 0 Å². The van der Waals surface area contributed by atoms with Gasteiger partial charge in [0.2, 0.25) is 0 Å². The topological polar surface area (TPSA) is 57.6 Å². The number of fused-ring (bicyclic) bond motifs is 1. The molecule has 1 N–H and O–H groups in total. The molecule has 4 heteroatoms. The Morgan fingerprint density at radius 2 is 1.81 bits per heavy atom. The van der Waals surface area contributed by atoms with Gasteiger partial charge >= 0.3 is 0 Å². The van der Waals surface area contributed by atoms with Crippen molar-refractivity contribution in [3.63, 3.8) is 0 Å². The van der Waals surface area contributed by atoms with Crippen LogP contribution in [0.25, 0.3) is 5.76 Å². The van der Waals surface area contributed by atoms with Crippen LogP contribution in [0.4, 0.5) is 0 Å². The van der Waals surface area contributed by atoms with Crippen LogP contribution in [0.1, 0.15) is 72.9 Å². The van der Waals surface area contributed by atoms with Gasteiger partial charge in [0, 0.05) is 12.1 Å². The van der Waals surface area contributed by atoms with Crippen molar-refractivity contribution in [2.75, 3.05) is 6.54 Å². The number of aryl methyl sites for hydroxylation is 3. The SMILES string of the molecule is CCCCCN1C(=O)C(=O)/C(=C(\O)c2ccc3c(c2)CCCC3)C1c1cccc(C)c1. The van der Waals surface area contributed by atoms with Crippen LogP contribution in [0.2, 0.25) is 0 Å². The van der Waals surface area contributed by atoms with Gasteiger partial charge < -0.3 is 10.0 Å². The molecule has 1 atom stereocenters. The molecule has 1 fully saturated rings. The monoisotopic (exact) mass is 417 g/mol. The molecule has 0 bridgehead atoms. The van der Waals surface area contributed by atoms with Gasteiger partial charge in [-0.3, -0.25) is 9.59 Å². The van der Waals surface area contributed by atoms with Gasteiger partial charge in [0.05, 0.1) is 11.6 Å². The lowest BCUT2D eigenvalue weighted by atomic mass is 9.88. The first-order chi connectivity index (χ1) is 15.0. The lowest BCUT2D eigenvalue weighted by molar-refractivity contribution is -0.139. The number of aliphatic hydroxyl groups excluding tert-OH is 1. The Balaban J connectivity index is 1.81. The Labute approximate surface area is 184 Å². The standard InChI is InChI=1S/C27H31NO3/c1-3-4-7-15-28-24(21-12-8-9-18(2)16-21)23(26(30)27(28)31)25(29)22-14-13-19-10-5-6-11-20(19)17-22/h8-9,12-14,16-17,24,29H,3-7,10-11,15H2,1-2H3/b25-23-. The molecule has 1 heterocycles. The van der Waals surface area contributed by atoms with Crippen LogP contribution in [0.3, 0.4) is 0 Å². The number of ketones is 1. The smallest absolute Gasteiger partial charge is 0.295 e. The van der Waals surface area contributed by atoms with E-state index < -0.39 is 17.7 Å². The highest BCUT2D eigenvalue weighted by atomic mass is 16.3. The molecule has 162 valence electrons. The summed E-state index contributed by atoms with van der Waals surface area (Å²) in [6.07, 6.45) is 7.24. The first-order valence-electron chi connectivity index (χ1n) is 11.5. The molecule has 4 nitrogen and oxygen atoms in total. The number of benzene rings is 2. The highest BCUT2D eigenvalue weighted by Crippen LogP contribution is 2.40. The first kappa shape index (κ1) is 21.4. The molecule has 2 aliphatic rings. The number of unbranched alkanes of at least 4 members (excludes halogenated alkanes) is 2. The van der Waals surface area contributed by atoms with Crippen molar-refractivity contribution in [1.82, 2.24) is 4.90 Å².